The molecule has 1 aliphatic rings. The minimum atomic E-state index is -0.580. The average molecular weight is 417 g/mol. The van der Waals surface area contributed by atoms with Crippen LogP contribution in [0, 0.1) is 0 Å². The number of carbonyl (C=O) groups excluding carboxylic acids is 2. The summed E-state index contributed by atoms with van der Waals surface area (Å²) in [7, 11) is 1.57. The molecule has 2 aromatic carbocycles. The van der Waals surface area contributed by atoms with Gasteiger partial charge in [-0.1, -0.05) is 29.8 Å². The number of aryl methyl sites for hydroxylation is 1. The monoisotopic (exact) mass is 416 g/mol. The number of nitrogens with zero attached hydrogens (tertiary/aromatic N) is 1. The van der Waals surface area contributed by atoms with Crippen molar-refractivity contribution in [2.45, 2.75) is 32.4 Å². The van der Waals surface area contributed by atoms with Crippen LogP contribution in [0.4, 0.5) is 0 Å². The molecule has 0 radical (unpaired) electrons. The maximum Gasteiger partial charge on any atom is 0.242 e. The number of amides is 2. The van der Waals surface area contributed by atoms with Gasteiger partial charge in [0.1, 0.15) is 19.3 Å². The molecule has 0 saturated carbocycles. The highest BCUT2D eigenvalue weighted by atomic mass is 35.5. The van der Waals surface area contributed by atoms with E-state index in [-0.39, 0.29) is 18.2 Å². The topological polar surface area (TPSA) is 67.9 Å². The summed E-state index contributed by atoms with van der Waals surface area (Å²) in [6, 6.07) is 12.4. The zero-order valence-corrected chi connectivity index (χ0v) is 17.4. The van der Waals surface area contributed by atoms with Gasteiger partial charge in [0.2, 0.25) is 11.8 Å². The fourth-order valence-electron chi connectivity index (χ4n) is 3.22. The van der Waals surface area contributed by atoms with E-state index < -0.39 is 6.04 Å². The third kappa shape index (κ3) is 5.41. The molecule has 154 valence electrons. The maximum absolute atomic E-state index is 13.0. The van der Waals surface area contributed by atoms with E-state index in [9.17, 15) is 9.59 Å². The van der Waals surface area contributed by atoms with Crippen LogP contribution in [0.2, 0.25) is 5.02 Å². The summed E-state index contributed by atoms with van der Waals surface area (Å²) in [5.74, 6) is 1.14. The van der Waals surface area contributed by atoms with Crippen LogP contribution in [-0.4, -0.2) is 43.0 Å². The van der Waals surface area contributed by atoms with Crippen LogP contribution in [0.25, 0.3) is 0 Å². The smallest absolute Gasteiger partial charge is 0.242 e. The Morgan fingerprint density at radius 2 is 1.72 bits per heavy atom. The fourth-order valence-corrected chi connectivity index (χ4v) is 3.34. The first-order valence-electron chi connectivity index (χ1n) is 9.62. The molecule has 3 rings (SSSR count). The summed E-state index contributed by atoms with van der Waals surface area (Å²) in [6.07, 6.45) is 0.835. The molecule has 1 N–H and O–H groups in total. The van der Waals surface area contributed by atoms with Crippen molar-refractivity contribution < 1.29 is 19.1 Å². The quantitative estimate of drug-likeness (QED) is 0.752. The Bertz CT molecular complexity index is 870. The van der Waals surface area contributed by atoms with Crippen LogP contribution in [-0.2, 0) is 22.6 Å². The Morgan fingerprint density at radius 3 is 2.41 bits per heavy atom. The minimum absolute atomic E-state index is 0.0917. The Kier molecular flexibility index (Phi) is 6.99. The van der Waals surface area contributed by atoms with Crippen molar-refractivity contribution in [2.75, 3.05) is 20.3 Å². The number of fused-ring (bicyclic) bond motifs is 1. The standard InChI is InChI=1S/C22H25ClN2O4/c1-15(22(27)24-2)25(14-17-3-7-18(23)8-4-17)21(26)10-6-16-5-9-19-20(13-16)29-12-11-28-19/h3-5,7-9,13,15H,6,10-12,14H2,1-2H3,(H,24,27)/t15-/m0/s1. The van der Waals surface area contributed by atoms with E-state index in [2.05, 4.69) is 5.32 Å². The molecule has 0 aliphatic carbocycles. The van der Waals surface area contributed by atoms with Crippen LogP contribution in [0.15, 0.2) is 42.5 Å². The van der Waals surface area contributed by atoms with Gasteiger partial charge >= 0.3 is 0 Å². The summed E-state index contributed by atoms with van der Waals surface area (Å²) in [5.41, 5.74) is 1.90. The van der Waals surface area contributed by atoms with Gasteiger partial charge in [0.05, 0.1) is 0 Å². The van der Waals surface area contributed by atoms with Gasteiger partial charge in [-0.2, -0.15) is 0 Å². The number of benzene rings is 2. The first-order chi connectivity index (χ1) is 14.0. The van der Waals surface area contributed by atoms with Gasteiger partial charge in [-0.05, 0) is 48.7 Å². The van der Waals surface area contributed by atoms with Crippen molar-refractivity contribution in [1.29, 1.82) is 0 Å². The molecule has 0 aromatic heterocycles. The predicted octanol–water partition coefficient (Wildman–Crippen LogP) is 3.21. The van der Waals surface area contributed by atoms with Crippen molar-refractivity contribution >= 4 is 23.4 Å². The average Bonchev–Trinajstić information content (AvgIpc) is 2.75. The van der Waals surface area contributed by atoms with Gasteiger partial charge in [0.25, 0.3) is 0 Å². The maximum atomic E-state index is 13.0. The number of hydrogen-bond donors (Lipinski definition) is 1. The molecule has 0 bridgehead atoms. The van der Waals surface area contributed by atoms with Gasteiger partial charge in [-0.25, -0.2) is 0 Å². The number of carbonyl (C=O) groups is 2. The van der Waals surface area contributed by atoms with Crippen LogP contribution in [0.5, 0.6) is 11.5 Å². The van der Waals surface area contributed by atoms with E-state index in [1.54, 1.807) is 31.0 Å². The summed E-state index contributed by atoms with van der Waals surface area (Å²) in [5, 5.41) is 3.25. The second-order valence-corrected chi connectivity index (χ2v) is 7.35. The summed E-state index contributed by atoms with van der Waals surface area (Å²) in [4.78, 5) is 26.8. The lowest BCUT2D eigenvalue weighted by atomic mass is 10.1. The molecular formula is C22H25ClN2O4. The highest BCUT2D eigenvalue weighted by Crippen LogP contribution is 2.31. The van der Waals surface area contributed by atoms with Gasteiger partial charge in [-0.15, -0.1) is 0 Å². The first-order valence-corrected chi connectivity index (χ1v) is 9.99. The number of rotatable bonds is 7. The summed E-state index contributed by atoms with van der Waals surface area (Å²) in [6.45, 7) is 3.14. The number of nitrogens with one attached hydrogen (secondary N) is 1. The Balaban J connectivity index is 1.70. The normalized spacial score (nSPS) is 13.5. The molecule has 0 saturated heterocycles. The zero-order chi connectivity index (χ0) is 20.8. The predicted molar refractivity (Wildman–Crippen MR) is 111 cm³/mol. The molecule has 0 fully saturated rings. The third-order valence-corrected chi connectivity index (χ3v) is 5.17. The lowest BCUT2D eigenvalue weighted by Crippen LogP contribution is -2.46. The number of hydrogen-bond acceptors (Lipinski definition) is 4. The third-order valence-electron chi connectivity index (χ3n) is 4.91. The van der Waals surface area contributed by atoms with Gasteiger partial charge < -0.3 is 19.7 Å². The molecule has 0 spiro atoms. The number of halogens is 1. The van der Waals surface area contributed by atoms with Gasteiger partial charge in [0, 0.05) is 25.0 Å². The first kappa shape index (κ1) is 21.0. The van der Waals surface area contributed by atoms with Crippen LogP contribution in [0.3, 0.4) is 0 Å². The van der Waals surface area contributed by atoms with Crippen molar-refractivity contribution in [2.24, 2.45) is 0 Å². The van der Waals surface area contributed by atoms with Crippen LogP contribution in [0.1, 0.15) is 24.5 Å². The molecule has 29 heavy (non-hydrogen) atoms. The van der Waals surface area contributed by atoms with Crippen molar-refractivity contribution in [3.63, 3.8) is 0 Å². The van der Waals surface area contributed by atoms with Gasteiger partial charge in [0.15, 0.2) is 11.5 Å². The van der Waals surface area contributed by atoms with Crippen LogP contribution < -0.4 is 14.8 Å². The SMILES string of the molecule is CNC(=O)[C@H](C)N(Cc1ccc(Cl)cc1)C(=O)CCc1ccc2c(c1)OCCO2. The molecule has 7 heteroatoms. The largest absolute Gasteiger partial charge is 0.486 e. The number of likely N-dealkylation sites (N-methyl/N-ethyl adjacent to an activating group) is 1. The summed E-state index contributed by atoms with van der Waals surface area (Å²) < 4.78 is 11.1. The molecular weight excluding hydrogens is 392 g/mol. The molecule has 1 aliphatic heterocycles. The Labute approximate surface area is 175 Å². The highest BCUT2D eigenvalue weighted by Gasteiger charge is 2.25. The van der Waals surface area contributed by atoms with E-state index >= 15 is 0 Å². The second-order valence-electron chi connectivity index (χ2n) is 6.92. The minimum Gasteiger partial charge on any atom is -0.486 e. The summed E-state index contributed by atoms with van der Waals surface area (Å²) >= 11 is 5.95. The highest BCUT2D eigenvalue weighted by molar-refractivity contribution is 6.30. The Morgan fingerprint density at radius 1 is 1.07 bits per heavy atom. The fraction of sp³-hybridized carbons (Fsp3) is 0.364. The zero-order valence-electron chi connectivity index (χ0n) is 16.6. The van der Waals surface area contributed by atoms with E-state index in [0.717, 1.165) is 16.9 Å². The lowest BCUT2D eigenvalue weighted by molar-refractivity contribution is -0.140. The van der Waals surface area contributed by atoms with E-state index in [4.69, 9.17) is 21.1 Å². The Hall–Kier alpha value is -2.73. The second kappa shape index (κ2) is 9.65. The van der Waals surface area contributed by atoms with E-state index in [1.165, 1.54) is 0 Å². The van der Waals surface area contributed by atoms with E-state index in [1.807, 2.05) is 30.3 Å². The lowest BCUT2D eigenvalue weighted by Gasteiger charge is -2.28. The van der Waals surface area contributed by atoms with Crippen molar-refractivity contribution in [3.8, 4) is 11.5 Å². The molecule has 6 nitrogen and oxygen atoms in total. The van der Waals surface area contributed by atoms with E-state index in [0.29, 0.717) is 37.0 Å². The van der Waals surface area contributed by atoms with Crippen molar-refractivity contribution in [3.05, 3.63) is 58.6 Å². The van der Waals surface area contributed by atoms with Crippen molar-refractivity contribution in [1.82, 2.24) is 10.2 Å². The molecule has 0 unspecified atom stereocenters. The molecule has 2 aromatic rings. The number of ether oxygens (including phenoxy) is 2. The molecule has 1 atom stereocenters. The molecule has 2 amide bonds. The van der Waals surface area contributed by atoms with Gasteiger partial charge in [-0.3, -0.25) is 9.59 Å². The molecule has 1 heterocycles. The van der Waals surface area contributed by atoms with Crippen LogP contribution >= 0.6 is 11.6 Å².